The fourth-order valence-corrected chi connectivity index (χ4v) is 2.15. The molecular weight excluding hydrogens is 218 g/mol. The van der Waals surface area contributed by atoms with Gasteiger partial charge in [-0.1, -0.05) is 6.92 Å². The van der Waals surface area contributed by atoms with Gasteiger partial charge in [0.1, 0.15) is 0 Å². The Balaban J connectivity index is 2.37. The average molecular weight is 241 g/mol. The van der Waals surface area contributed by atoms with Gasteiger partial charge in [0.25, 0.3) is 0 Å². The molecule has 1 unspecified atom stereocenters. The van der Waals surface area contributed by atoms with Crippen LogP contribution in [0.4, 0.5) is 0 Å². The second kappa shape index (κ2) is 7.27. The summed E-state index contributed by atoms with van der Waals surface area (Å²) in [4.78, 5) is 25.2. The van der Waals surface area contributed by atoms with Gasteiger partial charge < -0.3 is 15.5 Å². The number of nitrogens with one attached hydrogen (secondary N) is 2. The molecule has 2 amide bonds. The van der Waals surface area contributed by atoms with Crippen molar-refractivity contribution < 1.29 is 9.59 Å². The molecule has 1 aliphatic heterocycles. The minimum atomic E-state index is -0.0307. The van der Waals surface area contributed by atoms with Gasteiger partial charge in [-0.3, -0.25) is 9.59 Å². The SMILES string of the molecule is CCNCCC(=O)N1CCCC(C(=O)NC)C1. The molecule has 17 heavy (non-hydrogen) atoms. The summed E-state index contributed by atoms with van der Waals surface area (Å²) in [5, 5.41) is 5.79. The molecule has 5 heteroatoms. The largest absolute Gasteiger partial charge is 0.359 e. The van der Waals surface area contributed by atoms with Gasteiger partial charge in [0, 0.05) is 33.1 Å². The number of amides is 2. The van der Waals surface area contributed by atoms with Crippen molar-refractivity contribution in [1.82, 2.24) is 15.5 Å². The molecule has 0 aromatic carbocycles. The third-order valence-corrected chi connectivity index (χ3v) is 3.16. The predicted molar refractivity (Wildman–Crippen MR) is 66.5 cm³/mol. The Labute approximate surface area is 103 Å². The van der Waals surface area contributed by atoms with Crippen LogP contribution in [0, 0.1) is 5.92 Å². The Morgan fingerprint density at radius 3 is 2.82 bits per heavy atom. The van der Waals surface area contributed by atoms with E-state index in [1.54, 1.807) is 7.05 Å². The normalized spacial score (nSPS) is 20.1. The van der Waals surface area contributed by atoms with Gasteiger partial charge in [-0.05, 0) is 19.4 Å². The van der Waals surface area contributed by atoms with E-state index in [9.17, 15) is 9.59 Å². The maximum Gasteiger partial charge on any atom is 0.224 e. The van der Waals surface area contributed by atoms with Crippen molar-refractivity contribution in [3.63, 3.8) is 0 Å². The van der Waals surface area contributed by atoms with Gasteiger partial charge >= 0.3 is 0 Å². The number of nitrogens with zero attached hydrogens (tertiary/aromatic N) is 1. The lowest BCUT2D eigenvalue weighted by Crippen LogP contribution is -2.45. The molecule has 1 saturated heterocycles. The van der Waals surface area contributed by atoms with E-state index in [1.165, 1.54) is 0 Å². The lowest BCUT2D eigenvalue weighted by molar-refractivity contribution is -0.135. The summed E-state index contributed by atoms with van der Waals surface area (Å²) >= 11 is 0. The summed E-state index contributed by atoms with van der Waals surface area (Å²) in [6.45, 7) is 4.99. The smallest absolute Gasteiger partial charge is 0.224 e. The molecule has 2 N–H and O–H groups in total. The van der Waals surface area contributed by atoms with Crippen molar-refractivity contribution >= 4 is 11.8 Å². The highest BCUT2D eigenvalue weighted by molar-refractivity contribution is 5.81. The Bertz CT molecular complexity index is 268. The fraction of sp³-hybridized carbons (Fsp3) is 0.833. The first-order valence-electron chi connectivity index (χ1n) is 6.39. The summed E-state index contributed by atoms with van der Waals surface area (Å²) in [5.41, 5.74) is 0. The summed E-state index contributed by atoms with van der Waals surface area (Å²) in [6, 6.07) is 0. The quantitative estimate of drug-likeness (QED) is 0.665. The highest BCUT2D eigenvalue weighted by Crippen LogP contribution is 2.17. The molecule has 0 aliphatic carbocycles. The average Bonchev–Trinajstić information content (AvgIpc) is 2.38. The van der Waals surface area contributed by atoms with Gasteiger partial charge in [0.05, 0.1) is 5.92 Å². The summed E-state index contributed by atoms with van der Waals surface area (Å²) in [5.74, 6) is 0.172. The molecule has 98 valence electrons. The number of piperidine rings is 1. The van der Waals surface area contributed by atoms with Crippen LogP contribution in [0.25, 0.3) is 0 Å². The number of carbonyl (C=O) groups is 2. The first kappa shape index (κ1) is 14.0. The minimum Gasteiger partial charge on any atom is -0.359 e. The second-order valence-electron chi connectivity index (χ2n) is 4.40. The van der Waals surface area contributed by atoms with Gasteiger partial charge in [-0.15, -0.1) is 0 Å². The van der Waals surface area contributed by atoms with E-state index in [0.29, 0.717) is 13.0 Å². The van der Waals surface area contributed by atoms with E-state index in [4.69, 9.17) is 0 Å². The first-order valence-corrected chi connectivity index (χ1v) is 6.39. The van der Waals surface area contributed by atoms with E-state index in [-0.39, 0.29) is 17.7 Å². The predicted octanol–water partition coefficient (Wildman–Crippen LogP) is -0.0294. The second-order valence-corrected chi connectivity index (χ2v) is 4.40. The van der Waals surface area contributed by atoms with Crippen molar-refractivity contribution in [1.29, 1.82) is 0 Å². The molecule has 0 radical (unpaired) electrons. The van der Waals surface area contributed by atoms with E-state index in [1.807, 2.05) is 11.8 Å². The van der Waals surface area contributed by atoms with E-state index in [2.05, 4.69) is 10.6 Å². The van der Waals surface area contributed by atoms with Crippen molar-refractivity contribution in [2.75, 3.05) is 33.2 Å². The molecule has 5 nitrogen and oxygen atoms in total. The van der Waals surface area contributed by atoms with Gasteiger partial charge in [0.2, 0.25) is 11.8 Å². The van der Waals surface area contributed by atoms with Crippen LogP contribution in [0.3, 0.4) is 0 Å². The van der Waals surface area contributed by atoms with Crippen LogP contribution in [-0.4, -0.2) is 49.9 Å². The van der Waals surface area contributed by atoms with E-state index in [0.717, 1.165) is 32.5 Å². The molecule has 0 saturated carbocycles. The molecule has 1 rings (SSSR count). The molecule has 1 fully saturated rings. The topological polar surface area (TPSA) is 61.4 Å². The molecule has 1 heterocycles. The Hall–Kier alpha value is -1.10. The van der Waals surface area contributed by atoms with Crippen molar-refractivity contribution in [2.45, 2.75) is 26.2 Å². The standard InChI is InChI=1S/C12H23N3O2/c1-3-14-7-6-11(16)15-8-4-5-10(9-15)12(17)13-2/h10,14H,3-9H2,1-2H3,(H,13,17). The molecule has 0 bridgehead atoms. The van der Waals surface area contributed by atoms with Crippen LogP contribution >= 0.6 is 0 Å². The number of hydrogen-bond acceptors (Lipinski definition) is 3. The highest BCUT2D eigenvalue weighted by atomic mass is 16.2. The number of likely N-dealkylation sites (tertiary alicyclic amines) is 1. The molecular formula is C12H23N3O2. The summed E-state index contributed by atoms with van der Waals surface area (Å²) in [7, 11) is 1.65. The van der Waals surface area contributed by atoms with Crippen LogP contribution in [0.2, 0.25) is 0 Å². The van der Waals surface area contributed by atoms with Gasteiger partial charge in [0.15, 0.2) is 0 Å². The Kier molecular flexibility index (Phi) is 5.97. The van der Waals surface area contributed by atoms with Gasteiger partial charge in [-0.25, -0.2) is 0 Å². The Morgan fingerprint density at radius 2 is 2.18 bits per heavy atom. The van der Waals surface area contributed by atoms with Crippen LogP contribution in [0.15, 0.2) is 0 Å². The zero-order valence-electron chi connectivity index (χ0n) is 10.8. The van der Waals surface area contributed by atoms with Crippen molar-refractivity contribution in [3.05, 3.63) is 0 Å². The first-order chi connectivity index (χ1) is 8.19. The fourth-order valence-electron chi connectivity index (χ4n) is 2.15. The molecule has 0 spiro atoms. The third kappa shape index (κ3) is 4.34. The zero-order chi connectivity index (χ0) is 12.7. The molecule has 1 aliphatic rings. The van der Waals surface area contributed by atoms with E-state index >= 15 is 0 Å². The lowest BCUT2D eigenvalue weighted by atomic mass is 9.97. The maximum atomic E-state index is 11.9. The zero-order valence-corrected chi connectivity index (χ0v) is 10.8. The van der Waals surface area contributed by atoms with Crippen LogP contribution in [-0.2, 0) is 9.59 Å². The molecule has 1 atom stereocenters. The maximum absolute atomic E-state index is 11.9. The minimum absolute atomic E-state index is 0.0307. The number of rotatable bonds is 5. The van der Waals surface area contributed by atoms with E-state index < -0.39 is 0 Å². The van der Waals surface area contributed by atoms with Gasteiger partial charge in [-0.2, -0.15) is 0 Å². The monoisotopic (exact) mass is 241 g/mol. The Morgan fingerprint density at radius 1 is 1.41 bits per heavy atom. The molecule has 0 aromatic rings. The van der Waals surface area contributed by atoms with Crippen LogP contribution in [0.5, 0.6) is 0 Å². The highest BCUT2D eigenvalue weighted by Gasteiger charge is 2.27. The number of hydrogen-bond donors (Lipinski definition) is 2. The lowest BCUT2D eigenvalue weighted by Gasteiger charge is -2.31. The third-order valence-electron chi connectivity index (χ3n) is 3.16. The number of carbonyl (C=O) groups excluding carboxylic acids is 2. The van der Waals surface area contributed by atoms with Crippen LogP contribution < -0.4 is 10.6 Å². The summed E-state index contributed by atoms with van der Waals surface area (Å²) < 4.78 is 0. The van der Waals surface area contributed by atoms with Crippen LogP contribution in [0.1, 0.15) is 26.2 Å². The van der Waals surface area contributed by atoms with Crippen molar-refractivity contribution in [2.24, 2.45) is 5.92 Å². The molecule has 0 aromatic heterocycles. The summed E-state index contributed by atoms with van der Waals surface area (Å²) in [6.07, 6.45) is 2.33. The van der Waals surface area contributed by atoms with Crippen molar-refractivity contribution in [3.8, 4) is 0 Å².